The van der Waals surface area contributed by atoms with E-state index in [1.807, 2.05) is 20.8 Å². The third kappa shape index (κ3) is 3.17. The minimum atomic E-state index is -0.506. The van der Waals surface area contributed by atoms with Crippen LogP contribution in [0.15, 0.2) is 24.3 Å². The lowest BCUT2D eigenvalue weighted by atomic mass is 9.83. The number of carbonyl (C=O) groups is 2. The highest BCUT2D eigenvalue weighted by Gasteiger charge is 2.44. The van der Waals surface area contributed by atoms with Crippen molar-refractivity contribution in [3.8, 4) is 5.75 Å². The Kier molecular flexibility index (Phi) is 3.94. The van der Waals surface area contributed by atoms with Crippen molar-refractivity contribution in [3.63, 3.8) is 0 Å². The molecule has 1 aliphatic heterocycles. The van der Waals surface area contributed by atoms with Crippen molar-refractivity contribution in [2.45, 2.75) is 46.3 Å². The van der Waals surface area contributed by atoms with E-state index in [9.17, 15) is 14.7 Å². The highest BCUT2D eigenvalue weighted by Crippen LogP contribution is 2.29. The second-order valence-electron chi connectivity index (χ2n) is 6.63. The number of nitrogens with one attached hydrogen (secondary N) is 1. The van der Waals surface area contributed by atoms with Gasteiger partial charge < -0.3 is 15.3 Å². The molecule has 2 amide bonds. The van der Waals surface area contributed by atoms with Gasteiger partial charge in [-0.3, -0.25) is 9.59 Å². The Bertz CT molecular complexity index is 546. The zero-order chi connectivity index (χ0) is 15.8. The summed E-state index contributed by atoms with van der Waals surface area (Å²) in [5.41, 5.74) is 0.536. The molecule has 21 heavy (non-hydrogen) atoms. The summed E-state index contributed by atoms with van der Waals surface area (Å²) in [5, 5.41) is 12.1. The monoisotopic (exact) mass is 290 g/mol. The summed E-state index contributed by atoms with van der Waals surface area (Å²) in [6.07, 6.45) is 0. The fourth-order valence-electron chi connectivity index (χ4n) is 2.70. The van der Waals surface area contributed by atoms with Gasteiger partial charge in [0.05, 0.1) is 0 Å². The van der Waals surface area contributed by atoms with Gasteiger partial charge in [-0.2, -0.15) is 0 Å². The first-order valence-electron chi connectivity index (χ1n) is 7.09. The van der Waals surface area contributed by atoms with Gasteiger partial charge in [0, 0.05) is 6.54 Å². The molecule has 0 aliphatic carbocycles. The van der Waals surface area contributed by atoms with Crippen LogP contribution in [-0.2, 0) is 16.1 Å². The minimum absolute atomic E-state index is 0.0809. The van der Waals surface area contributed by atoms with Crippen LogP contribution in [0.25, 0.3) is 0 Å². The van der Waals surface area contributed by atoms with Gasteiger partial charge in [-0.25, -0.2) is 0 Å². The van der Waals surface area contributed by atoms with Gasteiger partial charge in [0.1, 0.15) is 17.8 Å². The second-order valence-corrected chi connectivity index (χ2v) is 6.63. The van der Waals surface area contributed by atoms with Crippen molar-refractivity contribution in [1.82, 2.24) is 10.2 Å². The highest BCUT2D eigenvalue weighted by molar-refractivity contribution is 5.97. The van der Waals surface area contributed by atoms with Crippen molar-refractivity contribution in [1.29, 1.82) is 0 Å². The molecule has 1 aromatic carbocycles. The summed E-state index contributed by atoms with van der Waals surface area (Å²) in [6.45, 7) is 7.90. The summed E-state index contributed by atoms with van der Waals surface area (Å²) in [4.78, 5) is 26.4. The van der Waals surface area contributed by atoms with Crippen molar-refractivity contribution in [2.24, 2.45) is 5.41 Å². The normalized spacial score (nSPS) is 23.1. The van der Waals surface area contributed by atoms with Crippen LogP contribution in [0, 0.1) is 5.41 Å². The first kappa shape index (κ1) is 15.4. The largest absolute Gasteiger partial charge is 0.508 e. The summed E-state index contributed by atoms with van der Waals surface area (Å²) in [6, 6.07) is 5.68. The zero-order valence-electron chi connectivity index (χ0n) is 12.9. The van der Waals surface area contributed by atoms with E-state index in [1.165, 1.54) is 0 Å². The van der Waals surface area contributed by atoms with E-state index >= 15 is 0 Å². The van der Waals surface area contributed by atoms with Gasteiger partial charge >= 0.3 is 0 Å². The molecular formula is C16H22N2O3. The minimum Gasteiger partial charge on any atom is -0.508 e. The molecule has 0 aromatic heterocycles. The molecule has 2 atom stereocenters. The van der Waals surface area contributed by atoms with Gasteiger partial charge in [-0.1, -0.05) is 32.9 Å². The van der Waals surface area contributed by atoms with E-state index in [1.54, 1.807) is 36.1 Å². The molecular weight excluding hydrogens is 268 g/mol. The molecule has 2 unspecified atom stereocenters. The van der Waals surface area contributed by atoms with E-state index in [-0.39, 0.29) is 23.0 Å². The molecule has 114 valence electrons. The smallest absolute Gasteiger partial charge is 0.245 e. The fraction of sp³-hybridized carbons (Fsp3) is 0.500. The Balaban J connectivity index is 2.32. The molecule has 0 bridgehead atoms. The molecule has 5 heteroatoms. The standard InChI is InChI=1S/C16H22N2O3/c1-10-15(21)18(9-11-5-7-12(19)8-6-11)13(14(20)17-10)16(2,3)4/h5-8,10,13,19H,9H2,1-4H3,(H,17,20). The number of rotatable bonds is 2. The average Bonchev–Trinajstić information content (AvgIpc) is 2.36. The fourth-order valence-corrected chi connectivity index (χ4v) is 2.70. The van der Waals surface area contributed by atoms with Gasteiger partial charge in [-0.15, -0.1) is 0 Å². The van der Waals surface area contributed by atoms with Crippen LogP contribution in [0.3, 0.4) is 0 Å². The molecule has 0 radical (unpaired) electrons. The molecule has 1 saturated heterocycles. The van der Waals surface area contributed by atoms with Gasteiger partial charge in [0.15, 0.2) is 0 Å². The number of benzene rings is 1. The maximum atomic E-state index is 12.5. The van der Waals surface area contributed by atoms with E-state index < -0.39 is 12.1 Å². The number of phenolic OH excluding ortho intramolecular Hbond substituents is 1. The van der Waals surface area contributed by atoms with Crippen LogP contribution >= 0.6 is 0 Å². The third-order valence-corrected chi connectivity index (χ3v) is 3.68. The van der Waals surface area contributed by atoms with Crippen LogP contribution in [0.1, 0.15) is 33.3 Å². The SMILES string of the molecule is CC1NC(=O)C(C(C)(C)C)N(Cc2ccc(O)cc2)C1=O. The molecule has 5 nitrogen and oxygen atoms in total. The Hall–Kier alpha value is -2.04. The lowest BCUT2D eigenvalue weighted by Gasteiger charge is -2.44. The quantitative estimate of drug-likeness (QED) is 0.870. The van der Waals surface area contributed by atoms with Crippen LogP contribution in [0.5, 0.6) is 5.75 Å². The average molecular weight is 290 g/mol. The van der Waals surface area contributed by atoms with Crippen LogP contribution in [-0.4, -0.2) is 33.9 Å². The number of aromatic hydroxyl groups is 1. The van der Waals surface area contributed by atoms with Gasteiger partial charge in [0.2, 0.25) is 11.8 Å². The molecule has 1 aliphatic rings. The number of piperazine rings is 1. The molecule has 1 heterocycles. The van der Waals surface area contributed by atoms with E-state index in [2.05, 4.69) is 5.32 Å². The zero-order valence-corrected chi connectivity index (χ0v) is 12.9. The molecule has 2 N–H and O–H groups in total. The summed E-state index contributed by atoms with van der Waals surface area (Å²) in [5.74, 6) is -0.0156. The number of hydrogen-bond donors (Lipinski definition) is 2. The first-order chi connectivity index (χ1) is 9.70. The third-order valence-electron chi connectivity index (χ3n) is 3.68. The molecule has 2 rings (SSSR count). The Morgan fingerprint density at radius 3 is 2.29 bits per heavy atom. The van der Waals surface area contributed by atoms with Crippen LogP contribution in [0.4, 0.5) is 0 Å². The summed E-state index contributed by atoms with van der Waals surface area (Å²) < 4.78 is 0. The number of amides is 2. The number of phenols is 1. The number of nitrogens with zero attached hydrogens (tertiary/aromatic N) is 1. The lowest BCUT2D eigenvalue weighted by Crippen LogP contribution is -2.65. The van der Waals surface area contributed by atoms with E-state index in [4.69, 9.17) is 0 Å². The maximum absolute atomic E-state index is 12.5. The summed E-state index contributed by atoms with van der Waals surface area (Å²) in [7, 11) is 0. The van der Waals surface area contributed by atoms with Gasteiger partial charge in [-0.05, 0) is 30.0 Å². The van der Waals surface area contributed by atoms with Crippen LogP contribution < -0.4 is 5.32 Å². The Morgan fingerprint density at radius 2 is 1.76 bits per heavy atom. The number of carbonyl (C=O) groups excluding carboxylic acids is 2. The van der Waals surface area contributed by atoms with Crippen molar-refractivity contribution >= 4 is 11.8 Å². The predicted octanol–water partition coefficient (Wildman–Crippen LogP) is 1.65. The maximum Gasteiger partial charge on any atom is 0.245 e. The Labute approximate surface area is 125 Å². The number of hydrogen-bond acceptors (Lipinski definition) is 3. The molecule has 1 fully saturated rings. The van der Waals surface area contributed by atoms with Gasteiger partial charge in [0.25, 0.3) is 0 Å². The van der Waals surface area contributed by atoms with Crippen molar-refractivity contribution in [2.75, 3.05) is 0 Å². The van der Waals surface area contributed by atoms with Crippen LogP contribution in [0.2, 0.25) is 0 Å². The first-order valence-corrected chi connectivity index (χ1v) is 7.09. The van der Waals surface area contributed by atoms with E-state index in [0.717, 1.165) is 5.56 Å². The summed E-state index contributed by atoms with van der Waals surface area (Å²) >= 11 is 0. The Morgan fingerprint density at radius 1 is 1.19 bits per heavy atom. The van der Waals surface area contributed by atoms with Crippen molar-refractivity contribution in [3.05, 3.63) is 29.8 Å². The second kappa shape index (κ2) is 5.39. The lowest BCUT2D eigenvalue weighted by molar-refractivity contribution is -0.154. The van der Waals surface area contributed by atoms with E-state index in [0.29, 0.717) is 6.54 Å². The molecule has 0 spiro atoms. The topological polar surface area (TPSA) is 69.6 Å². The predicted molar refractivity (Wildman–Crippen MR) is 79.5 cm³/mol. The van der Waals surface area contributed by atoms with Crippen molar-refractivity contribution < 1.29 is 14.7 Å². The molecule has 0 saturated carbocycles. The highest BCUT2D eigenvalue weighted by atomic mass is 16.3. The molecule has 1 aromatic rings.